The van der Waals surface area contributed by atoms with E-state index in [1.165, 1.54) is 17.0 Å². The third-order valence-electron chi connectivity index (χ3n) is 4.39. The van der Waals surface area contributed by atoms with E-state index in [1.54, 1.807) is 0 Å². The lowest BCUT2D eigenvalue weighted by molar-refractivity contribution is -0.130. The van der Waals surface area contributed by atoms with E-state index in [1.807, 2.05) is 13.8 Å². The Morgan fingerprint density at radius 3 is 2.41 bits per heavy atom. The van der Waals surface area contributed by atoms with Crippen LogP contribution < -0.4 is 4.72 Å². The molecule has 1 saturated heterocycles. The summed E-state index contributed by atoms with van der Waals surface area (Å²) in [6.45, 7) is 3.77. The van der Waals surface area contributed by atoms with Crippen LogP contribution in [-0.2, 0) is 24.7 Å². The van der Waals surface area contributed by atoms with E-state index in [2.05, 4.69) is 4.72 Å². The summed E-state index contributed by atoms with van der Waals surface area (Å²) in [4.78, 5) is 13.5. The van der Waals surface area contributed by atoms with Crippen LogP contribution in [0, 0.1) is 11.7 Å². The standard InChI is InChI=1S/C17H25FN2O5S2/c1-13(2)12-26(22,23)15-6-8-20(9-7-15)17(21)11-19-27(24,25)16-5-3-4-14(18)10-16/h3-5,10,13,15,19H,6-9,11-12H2,1-2H3. The molecule has 0 bridgehead atoms. The molecule has 1 heterocycles. The van der Waals surface area contributed by atoms with Crippen LogP contribution in [-0.4, -0.2) is 58.3 Å². The van der Waals surface area contributed by atoms with Gasteiger partial charge in [0.25, 0.3) is 0 Å². The summed E-state index contributed by atoms with van der Waals surface area (Å²) >= 11 is 0. The van der Waals surface area contributed by atoms with Gasteiger partial charge in [-0.25, -0.2) is 25.9 Å². The van der Waals surface area contributed by atoms with Crippen LogP contribution >= 0.6 is 0 Å². The predicted molar refractivity (Wildman–Crippen MR) is 99.8 cm³/mol. The van der Waals surface area contributed by atoms with Crippen molar-refractivity contribution < 1.29 is 26.0 Å². The second-order valence-corrected chi connectivity index (χ2v) is 11.2. The van der Waals surface area contributed by atoms with Gasteiger partial charge in [-0.1, -0.05) is 19.9 Å². The van der Waals surface area contributed by atoms with E-state index >= 15 is 0 Å². The quantitative estimate of drug-likeness (QED) is 0.714. The first-order valence-corrected chi connectivity index (χ1v) is 12.0. The number of hydrogen-bond donors (Lipinski definition) is 1. The number of nitrogens with one attached hydrogen (secondary N) is 1. The zero-order chi connectivity index (χ0) is 20.2. The molecule has 0 aliphatic carbocycles. The Kier molecular flexibility index (Phi) is 6.98. The number of sulfone groups is 1. The number of amides is 1. The van der Waals surface area contributed by atoms with Crippen LogP contribution in [0.3, 0.4) is 0 Å². The van der Waals surface area contributed by atoms with Crippen molar-refractivity contribution in [1.82, 2.24) is 9.62 Å². The highest BCUT2D eigenvalue weighted by Crippen LogP contribution is 2.20. The van der Waals surface area contributed by atoms with Crippen LogP contribution in [0.15, 0.2) is 29.2 Å². The minimum atomic E-state index is -4.00. The Labute approximate surface area is 159 Å². The number of hydrogen-bond acceptors (Lipinski definition) is 5. The Balaban J connectivity index is 1.89. The molecule has 10 heteroatoms. The Morgan fingerprint density at radius 1 is 1.22 bits per heavy atom. The molecule has 0 radical (unpaired) electrons. The number of carbonyl (C=O) groups is 1. The Hall–Kier alpha value is -1.52. The molecular weight excluding hydrogens is 395 g/mol. The summed E-state index contributed by atoms with van der Waals surface area (Å²) in [5.74, 6) is -0.950. The minimum absolute atomic E-state index is 0.0480. The first-order valence-electron chi connectivity index (χ1n) is 8.76. The molecule has 1 amide bonds. The van der Waals surface area contributed by atoms with Crippen LogP contribution in [0.5, 0.6) is 0 Å². The maximum absolute atomic E-state index is 13.2. The Bertz CT molecular complexity index is 876. The van der Waals surface area contributed by atoms with Gasteiger partial charge in [0.1, 0.15) is 5.82 Å². The summed E-state index contributed by atoms with van der Waals surface area (Å²) in [5, 5.41) is -0.465. The van der Waals surface area contributed by atoms with Gasteiger partial charge in [-0.15, -0.1) is 0 Å². The lowest BCUT2D eigenvalue weighted by atomic mass is 10.1. The first-order chi connectivity index (χ1) is 12.5. The maximum Gasteiger partial charge on any atom is 0.241 e. The largest absolute Gasteiger partial charge is 0.341 e. The van der Waals surface area contributed by atoms with Gasteiger partial charge in [-0.3, -0.25) is 4.79 Å². The number of sulfonamides is 1. The van der Waals surface area contributed by atoms with Crippen molar-refractivity contribution in [1.29, 1.82) is 0 Å². The van der Waals surface area contributed by atoms with Crippen molar-refractivity contribution in [3.05, 3.63) is 30.1 Å². The van der Waals surface area contributed by atoms with E-state index in [-0.39, 0.29) is 29.7 Å². The molecule has 0 saturated carbocycles. The summed E-state index contributed by atoms with van der Waals surface area (Å²) in [6, 6.07) is 4.51. The smallest absolute Gasteiger partial charge is 0.241 e. The number of carbonyl (C=O) groups excluding carboxylic acids is 1. The van der Waals surface area contributed by atoms with Gasteiger partial charge in [0, 0.05) is 13.1 Å². The SMILES string of the molecule is CC(C)CS(=O)(=O)C1CCN(C(=O)CNS(=O)(=O)c2cccc(F)c2)CC1. The molecule has 7 nitrogen and oxygen atoms in total. The molecule has 1 aliphatic heterocycles. The van der Waals surface area contributed by atoms with Gasteiger partial charge in [-0.05, 0) is 37.0 Å². The van der Waals surface area contributed by atoms with Crippen molar-refractivity contribution in [3.8, 4) is 0 Å². The van der Waals surface area contributed by atoms with E-state index in [9.17, 15) is 26.0 Å². The summed E-state index contributed by atoms with van der Waals surface area (Å²) in [5.41, 5.74) is 0. The normalized spacial score (nSPS) is 16.7. The summed E-state index contributed by atoms with van der Waals surface area (Å²) in [6.07, 6.45) is 0.689. The third kappa shape index (κ3) is 5.98. The number of likely N-dealkylation sites (tertiary alicyclic amines) is 1. The maximum atomic E-state index is 13.2. The average molecular weight is 421 g/mol. The van der Waals surface area contributed by atoms with Gasteiger partial charge < -0.3 is 4.90 Å². The molecule has 1 aromatic carbocycles. The van der Waals surface area contributed by atoms with Crippen molar-refractivity contribution in [2.75, 3.05) is 25.4 Å². The van der Waals surface area contributed by atoms with Crippen molar-refractivity contribution in [3.63, 3.8) is 0 Å². The lowest BCUT2D eigenvalue weighted by Gasteiger charge is -2.32. The molecule has 27 heavy (non-hydrogen) atoms. The number of halogens is 1. The third-order valence-corrected chi connectivity index (χ3v) is 8.41. The highest BCUT2D eigenvalue weighted by atomic mass is 32.2. The number of benzene rings is 1. The van der Waals surface area contributed by atoms with Gasteiger partial charge in [0.2, 0.25) is 15.9 Å². The topological polar surface area (TPSA) is 101 Å². The number of piperidine rings is 1. The fourth-order valence-electron chi connectivity index (χ4n) is 3.05. The van der Waals surface area contributed by atoms with E-state index in [4.69, 9.17) is 0 Å². The fourth-order valence-corrected chi connectivity index (χ4v) is 6.19. The average Bonchev–Trinajstić information content (AvgIpc) is 2.59. The van der Waals surface area contributed by atoms with Crippen molar-refractivity contribution >= 4 is 25.8 Å². The molecule has 0 unspecified atom stereocenters. The van der Waals surface area contributed by atoms with Crippen LogP contribution in [0.1, 0.15) is 26.7 Å². The van der Waals surface area contributed by atoms with E-state index in [0.29, 0.717) is 12.8 Å². The zero-order valence-corrected chi connectivity index (χ0v) is 17.0. The van der Waals surface area contributed by atoms with Gasteiger partial charge in [-0.2, -0.15) is 0 Å². The number of nitrogens with zero attached hydrogens (tertiary/aromatic N) is 1. The second-order valence-electron chi connectivity index (χ2n) is 7.09. The highest BCUT2D eigenvalue weighted by Gasteiger charge is 2.32. The molecule has 0 aromatic heterocycles. The molecule has 0 spiro atoms. The fraction of sp³-hybridized carbons (Fsp3) is 0.588. The lowest BCUT2D eigenvalue weighted by Crippen LogP contribution is -2.46. The van der Waals surface area contributed by atoms with Gasteiger partial charge in [0.05, 0.1) is 22.4 Å². The molecular formula is C17H25FN2O5S2. The minimum Gasteiger partial charge on any atom is -0.341 e. The van der Waals surface area contributed by atoms with Crippen molar-refractivity contribution in [2.45, 2.75) is 36.8 Å². The van der Waals surface area contributed by atoms with Crippen molar-refractivity contribution in [2.24, 2.45) is 5.92 Å². The monoisotopic (exact) mass is 420 g/mol. The molecule has 2 rings (SSSR count). The predicted octanol–water partition coefficient (Wildman–Crippen LogP) is 1.17. The Morgan fingerprint density at radius 2 is 1.85 bits per heavy atom. The summed E-state index contributed by atoms with van der Waals surface area (Å²) in [7, 11) is -7.19. The molecule has 0 atom stereocenters. The van der Waals surface area contributed by atoms with Crippen LogP contribution in [0.2, 0.25) is 0 Å². The highest BCUT2D eigenvalue weighted by molar-refractivity contribution is 7.92. The summed E-state index contributed by atoms with van der Waals surface area (Å²) < 4.78 is 64.2. The van der Waals surface area contributed by atoms with E-state index in [0.717, 1.165) is 12.1 Å². The van der Waals surface area contributed by atoms with E-state index < -0.39 is 43.4 Å². The van der Waals surface area contributed by atoms with Gasteiger partial charge in [0.15, 0.2) is 9.84 Å². The zero-order valence-electron chi connectivity index (χ0n) is 15.4. The molecule has 1 fully saturated rings. The number of rotatable bonds is 7. The van der Waals surface area contributed by atoms with Gasteiger partial charge >= 0.3 is 0 Å². The van der Waals surface area contributed by atoms with Crippen LogP contribution in [0.25, 0.3) is 0 Å². The molecule has 1 aliphatic rings. The molecule has 1 aromatic rings. The first kappa shape index (κ1) is 21.8. The molecule has 1 N–H and O–H groups in total. The second kappa shape index (κ2) is 8.66. The molecule has 152 valence electrons. The van der Waals surface area contributed by atoms with Crippen LogP contribution in [0.4, 0.5) is 4.39 Å².